The van der Waals surface area contributed by atoms with Crippen LogP contribution in [0.5, 0.6) is 5.75 Å². The molecule has 2 nitrogen and oxygen atoms in total. The van der Waals surface area contributed by atoms with Crippen molar-refractivity contribution in [1.29, 1.82) is 0 Å². The summed E-state index contributed by atoms with van der Waals surface area (Å²) in [5, 5.41) is 0.601. The van der Waals surface area contributed by atoms with Gasteiger partial charge in [0, 0.05) is 6.04 Å². The molecule has 0 heterocycles. The maximum Gasteiger partial charge on any atom is 0.138 e. The molecule has 0 spiro atoms. The fraction of sp³-hybridized carbons (Fsp3) is 0.294. The van der Waals surface area contributed by atoms with E-state index in [1.54, 1.807) is 0 Å². The Balaban J connectivity index is 2.11. The van der Waals surface area contributed by atoms with Crippen LogP contribution in [0.4, 0.5) is 0 Å². The summed E-state index contributed by atoms with van der Waals surface area (Å²) in [6, 6.07) is 12.1. The SMILES string of the molecule is Cc1cc(C)cc(COc2ccc(C(C)N)cc2Cl)c1. The van der Waals surface area contributed by atoms with E-state index in [0.717, 1.165) is 11.1 Å². The molecular weight excluding hydrogens is 270 g/mol. The van der Waals surface area contributed by atoms with Gasteiger partial charge >= 0.3 is 0 Å². The predicted molar refractivity (Wildman–Crippen MR) is 84.3 cm³/mol. The van der Waals surface area contributed by atoms with Crippen LogP contribution in [0.15, 0.2) is 36.4 Å². The normalized spacial score (nSPS) is 12.2. The average Bonchev–Trinajstić information content (AvgIpc) is 2.36. The number of rotatable bonds is 4. The van der Waals surface area contributed by atoms with Gasteiger partial charge in [0.15, 0.2) is 0 Å². The molecule has 0 amide bonds. The fourth-order valence-electron chi connectivity index (χ4n) is 2.23. The van der Waals surface area contributed by atoms with Gasteiger partial charge in [0.25, 0.3) is 0 Å². The van der Waals surface area contributed by atoms with E-state index in [1.807, 2.05) is 25.1 Å². The zero-order valence-corrected chi connectivity index (χ0v) is 12.9. The molecule has 0 saturated heterocycles. The zero-order chi connectivity index (χ0) is 14.7. The third-order valence-electron chi connectivity index (χ3n) is 3.16. The van der Waals surface area contributed by atoms with Crippen LogP contribution in [0.2, 0.25) is 5.02 Å². The summed E-state index contributed by atoms with van der Waals surface area (Å²) in [5.41, 5.74) is 10.5. The van der Waals surface area contributed by atoms with Gasteiger partial charge in [0.2, 0.25) is 0 Å². The Morgan fingerprint density at radius 3 is 2.30 bits per heavy atom. The molecule has 2 aromatic carbocycles. The summed E-state index contributed by atoms with van der Waals surface area (Å²) in [7, 11) is 0. The Hall–Kier alpha value is -1.51. The van der Waals surface area contributed by atoms with Crippen molar-refractivity contribution in [2.75, 3.05) is 0 Å². The first kappa shape index (κ1) is 14.9. The number of benzene rings is 2. The molecule has 0 bridgehead atoms. The van der Waals surface area contributed by atoms with Crippen LogP contribution >= 0.6 is 11.6 Å². The molecule has 1 atom stereocenters. The molecule has 0 radical (unpaired) electrons. The summed E-state index contributed by atoms with van der Waals surface area (Å²) in [6.45, 7) is 6.61. The van der Waals surface area contributed by atoms with Crippen LogP contribution in [0.1, 0.15) is 35.2 Å². The molecule has 1 unspecified atom stereocenters. The van der Waals surface area contributed by atoms with Crippen LogP contribution in [-0.4, -0.2) is 0 Å². The molecule has 0 saturated carbocycles. The lowest BCUT2D eigenvalue weighted by Gasteiger charge is -2.12. The van der Waals surface area contributed by atoms with E-state index in [4.69, 9.17) is 22.1 Å². The number of aryl methyl sites for hydroxylation is 2. The maximum atomic E-state index is 6.22. The molecule has 106 valence electrons. The van der Waals surface area contributed by atoms with Gasteiger partial charge < -0.3 is 10.5 Å². The van der Waals surface area contributed by atoms with E-state index in [2.05, 4.69) is 32.0 Å². The van der Waals surface area contributed by atoms with Crippen molar-refractivity contribution in [1.82, 2.24) is 0 Å². The van der Waals surface area contributed by atoms with Crippen molar-refractivity contribution in [3.8, 4) is 5.75 Å². The lowest BCUT2D eigenvalue weighted by Crippen LogP contribution is -2.05. The lowest BCUT2D eigenvalue weighted by molar-refractivity contribution is 0.306. The minimum Gasteiger partial charge on any atom is -0.487 e. The minimum atomic E-state index is -0.0269. The minimum absolute atomic E-state index is 0.0269. The highest BCUT2D eigenvalue weighted by Crippen LogP contribution is 2.28. The van der Waals surface area contributed by atoms with Gasteiger partial charge in [-0.3, -0.25) is 0 Å². The van der Waals surface area contributed by atoms with Gasteiger partial charge in [0.05, 0.1) is 5.02 Å². The molecule has 0 fully saturated rings. The molecule has 3 heteroatoms. The summed E-state index contributed by atoms with van der Waals surface area (Å²) >= 11 is 6.22. The first-order valence-corrected chi connectivity index (χ1v) is 7.08. The van der Waals surface area contributed by atoms with Gasteiger partial charge in [-0.2, -0.15) is 0 Å². The molecule has 2 N–H and O–H groups in total. The molecule has 2 rings (SSSR count). The number of ether oxygens (including phenoxy) is 1. The van der Waals surface area contributed by atoms with E-state index in [1.165, 1.54) is 11.1 Å². The number of nitrogens with two attached hydrogens (primary N) is 1. The van der Waals surface area contributed by atoms with E-state index in [9.17, 15) is 0 Å². The maximum absolute atomic E-state index is 6.22. The van der Waals surface area contributed by atoms with Crippen molar-refractivity contribution in [2.45, 2.75) is 33.4 Å². The van der Waals surface area contributed by atoms with E-state index >= 15 is 0 Å². The Morgan fingerprint density at radius 2 is 1.75 bits per heavy atom. The van der Waals surface area contributed by atoms with Crippen LogP contribution < -0.4 is 10.5 Å². The van der Waals surface area contributed by atoms with Crippen molar-refractivity contribution in [2.24, 2.45) is 5.73 Å². The highest BCUT2D eigenvalue weighted by atomic mass is 35.5. The smallest absolute Gasteiger partial charge is 0.138 e. The van der Waals surface area contributed by atoms with Gasteiger partial charge in [-0.05, 0) is 44.0 Å². The third kappa shape index (κ3) is 3.75. The van der Waals surface area contributed by atoms with Crippen LogP contribution in [0, 0.1) is 13.8 Å². The molecule has 20 heavy (non-hydrogen) atoms. The highest BCUT2D eigenvalue weighted by Gasteiger charge is 2.06. The Bertz CT molecular complexity index is 588. The zero-order valence-electron chi connectivity index (χ0n) is 12.1. The number of halogens is 1. The average molecular weight is 290 g/mol. The first-order chi connectivity index (χ1) is 9.45. The van der Waals surface area contributed by atoms with Gasteiger partial charge in [-0.1, -0.05) is 47.0 Å². The molecule has 0 aliphatic rings. The van der Waals surface area contributed by atoms with Crippen LogP contribution in [-0.2, 0) is 6.61 Å². The molecule has 0 aliphatic heterocycles. The second kappa shape index (κ2) is 6.29. The van der Waals surface area contributed by atoms with E-state index in [0.29, 0.717) is 17.4 Å². The van der Waals surface area contributed by atoms with Gasteiger partial charge in [-0.25, -0.2) is 0 Å². The second-order valence-electron chi connectivity index (χ2n) is 5.26. The molecular formula is C17H20ClNO. The second-order valence-corrected chi connectivity index (χ2v) is 5.67. The van der Waals surface area contributed by atoms with Crippen molar-refractivity contribution in [3.63, 3.8) is 0 Å². The lowest BCUT2D eigenvalue weighted by atomic mass is 10.1. The van der Waals surface area contributed by atoms with Crippen molar-refractivity contribution in [3.05, 3.63) is 63.7 Å². The third-order valence-corrected chi connectivity index (χ3v) is 3.45. The highest BCUT2D eigenvalue weighted by molar-refractivity contribution is 6.32. The van der Waals surface area contributed by atoms with Crippen LogP contribution in [0.3, 0.4) is 0 Å². The van der Waals surface area contributed by atoms with Crippen molar-refractivity contribution >= 4 is 11.6 Å². The monoisotopic (exact) mass is 289 g/mol. The largest absolute Gasteiger partial charge is 0.487 e. The first-order valence-electron chi connectivity index (χ1n) is 6.70. The summed E-state index contributed by atoms with van der Waals surface area (Å²) < 4.78 is 5.79. The van der Waals surface area contributed by atoms with E-state index in [-0.39, 0.29) is 6.04 Å². The van der Waals surface area contributed by atoms with E-state index < -0.39 is 0 Å². The fourth-order valence-corrected chi connectivity index (χ4v) is 2.47. The summed E-state index contributed by atoms with van der Waals surface area (Å²) in [6.07, 6.45) is 0. The van der Waals surface area contributed by atoms with Gasteiger partial charge in [0.1, 0.15) is 12.4 Å². The van der Waals surface area contributed by atoms with Crippen LogP contribution in [0.25, 0.3) is 0 Å². The molecule has 2 aromatic rings. The topological polar surface area (TPSA) is 35.2 Å². The quantitative estimate of drug-likeness (QED) is 0.896. The summed E-state index contributed by atoms with van der Waals surface area (Å²) in [5.74, 6) is 0.690. The van der Waals surface area contributed by atoms with Gasteiger partial charge in [-0.15, -0.1) is 0 Å². The standard InChI is InChI=1S/C17H20ClNO/c1-11-6-12(2)8-14(7-11)10-20-17-5-4-15(13(3)19)9-16(17)18/h4-9,13H,10,19H2,1-3H3. The Labute approximate surface area is 125 Å². The van der Waals surface area contributed by atoms with Crippen molar-refractivity contribution < 1.29 is 4.74 Å². The Morgan fingerprint density at radius 1 is 1.10 bits per heavy atom. The predicted octanol–water partition coefficient (Wildman–Crippen LogP) is 4.56. The molecule has 0 aliphatic carbocycles. The number of hydrogen-bond acceptors (Lipinski definition) is 2. The number of hydrogen-bond donors (Lipinski definition) is 1. The summed E-state index contributed by atoms with van der Waals surface area (Å²) in [4.78, 5) is 0. The Kier molecular flexibility index (Phi) is 4.69. The molecule has 0 aromatic heterocycles.